The fourth-order valence-electron chi connectivity index (χ4n) is 2.53. The number of aromatic nitrogens is 1. The van der Waals surface area contributed by atoms with Crippen LogP contribution < -0.4 is 10.2 Å². The summed E-state index contributed by atoms with van der Waals surface area (Å²) in [4.78, 5) is 6.36. The second kappa shape index (κ2) is 4.61. The van der Waals surface area contributed by atoms with E-state index < -0.39 is 0 Å². The van der Waals surface area contributed by atoms with Gasteiger partial charge in [0.15, 0.2) is 11.6 Å². The summed E-state index contributed by atoms with van der Waals surface area (Å²) >= 11 is 0. The quantitative estimate of drug-likeness (QED) is 0.864. The normalized spacial score (nSPS) is 23.9. The van der Waals surface area contributed by atoms with E-state index in [-0.39, 0.29) is 5.82 Å². The maximum Gasteiger partial charge on any atom is 0.165 e. The number of hydrogen-bond acceptors (Lipinski definition) is 3. The van der Waals surface area contributed by atoms with Gasteiger partial charge in [-0.1, -0.05) is 0 Å². The van der Waals surface area contributed by atoms with Crippen LogP contribution in [0.4, 0.5) is 10.2 Å². The molecule has 1 aromatic rings. The molecule has 1 unspecified atom stereocenters. The maximum absolute atomic E-state index is 13.8. The van der Waals surface area contributed by atoms with E-state index in [4.69, 9.17) is 0 Å². The van der Waals surface area contributed by atoms with Gasteiger partial charge in [0.25, 0.3) is 0 Å². The van der Waals surface area contributed by atoms with Crippen molar-refractivity contribution in [3.05, 3.63) is 24.1 Å². The minimum Gasteiger partial charge on any atom is -0.350 e. The molecule has 0 radical (unpaired) electrons. The van der Waals surface area contributed by atoms with Gasteiger partial charge in [-0.3, -0.25) is 0 Å². The topological polar surface area (TPSA) is 28.2 Å². The van der Waals surface area contributed by atoms with Gasteiger partial charge in [-0.05, 0) is 44.4 Å². The Hall–Kier alpha value is -1.16. The van der Waals surface area contributed by atoms with Gasteiger partial charge >= 0.3 is 0 Å². The summed E-state index contributed by atoms with van der Waals surface area (Å²) in [6.45, 7) is 1.98. The number of pyridine rings is 1. The van der Waals surface area contributed by atoms with Crippen molar-refractivity contribution in [2.75, 3.05) is 18.0 Å². The lowest BCUT2D eigenvalue weighted by Gasteiger charge is -2.27. The summed E-state index contributed by atoms with van der Waals surface area (Å²) in [6.07, 6.45) is 6.44. The fourth-order valence-corrected chi connectivity index (χ4v) is 2.53. The zero-order valence-corrected chi connectivity index (χ0v) is 9.90. The van der Waals surface area contributed by atoms with Gasteiger partial charge in [-0.2, -0.15) is 0 Å². The molecule has 1 saturated carbocycles. The van der Waals surface area contributed by atoms with Crippen molar-refractivity contribution in [1.82, 2.24) is 10.3 Å². The number of nitrogens with zero attached hydrogens (tertiary/aromatic N) is 2. The lowest BCUT2D eigenvalue weighted by molar-refractivity contribution is 0.556. The van der Waals surface area contributed by atoms with Crippen LogP contribution in [0.1, 0.15) is 25.7 Å². The molecule has 1 aliphatic carbocycles. The number of hydrogen-bond donors (Lipinski definition) is 1. The van der Waals surface area contributed by atoms with Crippen LogP contribution in [0, 0.1) is 5.82 Å². The van der Waals surface area contributed by atoms with Crippen LogP contribution in [0.5, 0.6) is 0 Å². The summed E-state index contributed by atoms with van der Waals surface area (Å²) in [5, 5.41) is 3.47. The summed E-state index contributed by atoms with van der Waals surface area (Å²) in [5.74, 6) is 0.334. The molecule has 1 atom stereocenters. The highest BCUT2D eigenvalue weighted by atomic mass is 19.1. The molecular formula is C13H18FN3. The van der Waals surface area contributed by atoms with Crippen molar-refractivity contribution < 1.29 is 4.39 Å². The monoisotopic (exact) mass is 235 g/mol. The molecule has 2 aliphatic rings. The molecule has 92 valence electrons. The Kier molecular flexibility index (Phi) is 2.97. The molecule has 1 aromatic heterocycles. The van der Waals surface area contributed by atoms with Gasteiger partial charge < -0.3 is 10.2 Å². The highest BCUT2D eigenvalue weighted by Crippen LogP contribution is 2.32. The Morgan fingerprint density at radius 3 is 2.94 bits per heavy atom. The molecule has 0 amide bonds. The van der Waals surface area contributed by atoms with Crippen LogP contribution in [-0.2, 0) is 0 Å². The molecule has 1 saturated heterocycles. The largest absolute Gasteiger partial charge is 0.350 e. The average Bonchev–Trinajstić information content (AvgIpc) is 3.05. The van der Waals surface area contributed by atoms with Gasteiger partial charge in [-0.25, -0.2) is 9.37 Å². The van der Waals surface area contributed by atoms with Gasteiger partial charge in [0.1, 0.15) is 0 Å². The number of rotatable bonds is 4. The van der Waals surface area contributed by atoms with E-state index in [9.17, 15) is 4.39 Å². The SMILES string of the molecule is Fc1cccnc1N(CC1CCCN1)C1CC1. The Balaban J connectivity index is 1.77. The summed E-state index contributed by atoms with van der Waals surface area (Å²) in [7, 11) is 0. The van der Waals surface area contributed by atoms with Crippen LogP contribution in [0.2, 0.25) is 0 Å². The van der Waals surface area contributed by atoms with E-state index in [1.165, 1.54) is 31.7 Å². The predicted octanol–water partition coefficient (Wildman–Crippen LogP) is 1.94. The molecule has 0 spiro atoms. The highest BCUT2D eigenvalue weighted by Gasteiger charge is 2.33. The lowest BCUT2D eigenvalue weighted by atomic mass is 10.2. The van der Waals surface area contributed by atoms with Crippen LogP contribution in [0.25, 0.3) is 0 Å². The van der Waals surface area contributed by atoms with Crippen molar-refractivity contribution in [2.24, 2.45) is 0 Å². The smallest absolute Gasteiger partial charge is 0.165 e. The summed E-state index contributed by atoms with van der Waals surface area (Å²) in [6, 6.07) is 4.15. The molecule has 2 heterocycles. The molecule has 3 nitrogen and oxygen atoms in total. The standard InChI is InChI=1S/C13H18FN3/c14-12-4-2-8-16-13(12)17(11-5-6-11)9-10-3-1-7-15-10/h2,4,8,10-11,15H,1,3,5-7,9H2. The number of anilines is 1. The van der Waals surface area contributed by atoms with Crippen LogP contribution >= 0.6 is 0 Å². The first kappa shape index (κ1) is 11.0. The zero-order chi connectivity index (χ0) is 11.7. The van der Waals surface area contributed by atoms with Crippen molar-refractivity contribution in [2.45, 2.75) is 37.8 Å². The minimum atomic E-state index is -0.197. The predicted molar refractivity (Wildman–Crippen MR) is 65.6 cm³/mol. The molecule has 2 fully saturated rings. The Morgan fingerprint density at radius 2 is 2.29 bits per heavy atom. The minimum absolute atomic E-state index is 0.197. The van der Waals surface area contributed by atoms with E-state index >= 15 is 0 Å². The first-order valence-electron chi connectivity index (χ1n) is 6.45. The van der Waals surface area contributed by atoms with Gasteiger partial charge in [0.05, 0.1) is 0 Å². The second-order valence-electron chi connectivity index (χ2n) is 4.99. The van der Waals surface area contributed by atoms with Crippen molar-refractivity contribution in [3.63, 3.8) is 0 Å². The van der Waals surface area contributed by atoms with E-state index in [2.05, 4.69) is 15.2 Å². The first-order chi connectivity index (χ1) is 8.34. The number of nitrogens with one attached hydrogen (secondary N) is 1. The highest BCUT2D eigenvalue weighted by molar-refractivity contribution is 5.42. The van der Waals surface area contributed by atoms with Crippen LogP contribution in [0.15, 0.2) is 18.3 Å². The Labute approximate surface area is 101 Å². The first-order valence-corrected chi connectivity index (χ1v) is 6.45. The maximum atomic E-state index is 13.8. The molecule has 0 bridgehead atoms. The molecule has 17 heavy (non-hydrogen) atoms. The third-order valence-electron chi connectivity index (χ3n) is 3.58. The Bertz CT molecular complexity index is 386. The molecule has 1 aliphatic heterocycles. The van der Waals surface area contributed by atoms with E-state index in [0.29, 0.717) is 17.9 Å². The fraction of sp³-hybridized carbons (Fsp3) is 0.615. The van der Waals surface area contributed by atoms with Crippen molar-refractivity contribution >= 4 is 5.82 Å². The van der Waals surface area contributed by atoms with Gasteiger partial charge in [0, 0.05) is 24.8 Å². The van der Waals surface area contributed by atoms with E-state index in [1.54, 1.807) is 12.3 Å². The second-order valence-corrected chi connectivity index (χ2v) is 4.99. The van der Waals surface area contributed by atoms with Crippen LogP contribution in [0.3, 0.4) is 0 Å². The molecular weight excluding hydrogens is 217 g/mol. The molecule has 3 rings (SSSR count). The van der Waals surface area contributed by atoms with Crippen LogP contribution in [-0.4, -0.2) is 30.2 Å². The van der Waals surface area contributed by atoms with E-state index in [1.807, 2.05) is 0 Å². The lowest BCUT2D eigenvalue weighted by Crippen LogP contribution is -2.39. The van der Waals surface area contributed by atoms with Gasteiger partial charge in [-0.15, -0.1) is 0 Å². The third kappa shape index (κ3) is 2.41. The van der Waals surface area contributed by atoms with Gasteiger partial charge in [0.2, 0.25) is 0 Å². The third-order valence-corrected chi connectivity index (χ3v) is 3.58. The molecule has 1 N–H and O–H groups in total. The number of halogens is 1. The summed E-state index contributed by atoms with van der Waals surface area (Å²) in [5.41, 5.74) is 0. The van der Waals surface area contributed by atoms with Crippen molar-refractivity contribution in [1.29, 1.82) is 0 Å². The zero-order valence-electron chi connectivity index (χ0n) is 9.90. The summed E-state index contributed by atoms with van der Waals surface area (Å²) < 4.78 is 13.8. The van der Waals surface area contributed by atoms with Crippen molar-refractivity contribution in [3.8, 4) is 0 Å². The Morgan fingerprint density at radius 1 is 1.41 bits per heavy atom. The average molecular weight is 235 g/mol. The van der Waals surface area contributed by atoms with E-state index in [0.717, 1.165) is 13.1 Å². The molecule has 0 aromatic carbocycles. The molecule has 4 heteroatoms.